The van der Waals surface area contributed by atoms with Gasteiger partial charge in [0.15, 0.2) is 5.82 Å². The molecule has 0 bridgehead atoms. The highest BCUT2D eigenvalue weighted by molar-refractivity contribution is 5.85. The van der Waals surface area contributed by atoms with Crippen LogP contribution in [0.4, 0.5) is 5.69 Å². The molecular weight excluding hydrogens is 372 g/mol. The smallest absolute Gasteiger partial charge is 0.267 e. The molecule has 0 atom stereocenters. The molecular formula is C19H18N8O2. The number of aliphatic imine (C=N–C) groups is 1. The van der Waals surface area contributed by atoms with Crippen molar-refractivity contribution in [3.05, 3.63) is 53.3 Å². The molecule has 29 heavy (non-hydrogen) atoms. The lowest BCUT2D eigenvalue weighted by Crippen LogP contribution is -2.20. The van der Waals surface area contributed by atoms with Crippen LogP contribution < -0.4 is 11.3 Å². The molecule has 3 N–H and O–H groups in total. The SMILES string of the molecule is CC(C)n1cnnc1-c1cccc(-n2cnc3cc(O)c(N=CN)cc3c2=O)n1. The minimum atomic E-state index is -0.349. The maximum Gasteiger partial charge on any atom is 0.267 e. The second-order valence-electron chi connectivity index (χ2n) is 6.59. The summed E-state index contributed by atoms with van der Waals surface area (Å²) in [6, 6.07) is 8.27. The fourth-order valence-electron chi connectivity index (χ4n) is 2.98. The number of rotatable bonds is 4. The van der Waals surface area contributed by atoms with Crippen molar-refractivity contribution < 1.29 is 5.11 Å². The molecule has 146 valence electrons. The van der Waals surface area contributed by atoms with E-state index in [1.165, 1.54) is 23.0 Å². The van der Waals surface area contributed by atoms with E-state index in [2.05, 4.69) is 25.2 Å². The van der Waals surface area contributed by atoms with Crippen molar-refractivity contribution in [1.29, 1.82) is 0 Å². The highest BCUT2D eigenvalue weighted by atomic mass is 16.3. The monoisotopic (exact) mass is 390 g/mol. The molecule has 0 saturated heterocycles. The van der Waals surface area contributed by atoms with E-state index in [4.69, 9.17) is 5.73 Å². The third kappa shape index (κ3) is 3.20. The van der Waals surface area contributed by atoms with Gasteiger partial charge in [-0.3, -0.25) is 9.36 Å². The highest BCUT2D eigenvalue weighted by Gasteiger charge is 2.14. The Hall–Kier alpha value is -4.08. The van der Waals surface area contributed by atoms with E-state index in [9.17, 15) is 9.90 Å². The Morgan fingerprint density at radius 2 is 2.07 bits per heavy atom. The number of phenols is 1. The first-order valence-corrected chi connectivity index (χ1v) is 8.85. The van der Waals surface area contributed by atoms with Gasteiger partial charge in [-0.2, -0.15) is 0 Å². The average molecular weight is 390 g/mol. The van der Waals surface area contributed by atoms with Gasteiger partial charge in [-0.05, 0) is 32.0 Å². The molecule has 1 aromatic carbocycles. The van der Waals surface area contributed by atoms with Crippen molar-refractivity contribution in [2.45, 2.75) is 19.9 Å². The van der Waals surface area contributed by atoms with Crippen molar-refractivity contribution in [1.82, 2.24) is 29.3 Å². The molecule has 0 saturated carbocycles. The lowest BCUT2D eigenvalue weighted by molar-refractivity contribution is 0.477. The zero-order valence-corrected chi connectivity index (χ0v) is 15.8. The van der Waals surface area contributed by atoms with Crippen molar-refractivity contribution >= 4 is 22.9 Å². The zero-order valence-electron chi connectivity index (χ0n) is 15.8. The van der Waals surface area contributed by atoms with Crippen LogP contribution in [0.1, 0.15) is 19.9 Å². The molecule has 0 aliphatic rings. The average Bonchev–Trinajstić information content (AvgIpc) is 3.20. The van der Waals surface area contributed by atoms with Gasteiger partial charge in [-0.15, -0.1) is 10.2 Å². The Labute approximate surface area is 165 Å². The standard InChI is InChI=1S/C19H18N8O2/c1-11(2)26-10-23-25-18(26)13-4-3-5-17(24-13)27-9-22-14-7-16(28)15(21-8-20)6-12(14)19(27)29/h3-11,28H,1-2H3,(H2,20,21). The lowest BCUT2D eigenvalue weighted by Gasteiger charge is -2.11. The second kappa shape index (κ2) is 7.15. The van der Waals surface area contributed by atoms with E-state index in [-0.39, 0.29) is 28.4 Å². The molecule has 10 heteroatoms. The summed E-state index contributed by atoms with van der Waals surface area (Å²) in [4.78, 5) is 25.8. The first kappa shape index (κ1) is 18.3. The summed E-state index contributed by atoms with van der Waals surface area (Å²) < 4.78 is 3.22. The van der Waals surface area contributed by atoms with E-state index in [0.29, 0.717) is 22.9 Å². The number of pyridine rings is 1. The van der Waals surface area contributed by atoms with Gasteiger partial charge in [-0.25, -0.2) is 15.0 Å². The number of hydrogen-bond donors (Lipinski definition) is 2. The van der Waals surface area contributed by atoms with E-state index in [0.717, 1.165) is 6.34 Å². The zero-order chi connectivity index (χ0) is 20.5. The Kier molecular flexibility index (Phi) is 4.51. The number of hydrogen-bond acceptors (Lipinski definition) is 7. The van der Waals surface area contributed by atoms with Crippen LogP contribution in [0.5, 0.6) is 5.75 Å². The Morgan fingerprint density at radius 3 is 2.83 bits per heavy atom. The first-order chi connectivity index (χ1) is 14.0. The van der Waals surface area contributed by atoms with E-state index in [1.807, 2.05) is 18.4 Å². The predicted octanol–water partition coefficient (Wildman–Crippen LogP) is 1.94. The van der Waals surface area contributed by atoms with Crippen molar-refractivity contribution in [3.63, 3.8) is 0 Å². The van der Waals surface area contributed by atoms with Gasteiger partial charge < -0.3 is 15.4 Å². The van der Waals surface area contributed by atoms with Crippen LogP contribution in [0.15, 0.2) is 52.8 Å². The Bertz CT molecular complexity index is 1290. The molecule has 4 rings (SSSR count). The fraction of sp³-hybridized carbons (Fsp3) is 0.158. The summed E-state index contributed by atoms with van der Waals surface area (Å²) in [7, 11) is 0. The van der Waals surface area contributed by atoms with Crippen LogP contribution in [0, 0.1) is 0 Å². The van der Waals surface area contributed by atoms with Gasteiger partial charge in [0, 0.05) is 12.1 Å². The van der Waals surface area contributed by atoms with E-state index < -0.39 is 0 Å². The van der Waals surface area contributed by atoms with Gasteiger partial charge >= 0.3 is 0 Å². The van der Waals surface area contributed by atoms with Crippen molar-refractivity contribution in [2.75, 3.05) is 0 Å². The quantitative estimate of drug-likeness (QED) is 0.401. The minimum absolute atomic E-state index is 0.114. The van der Waals surface area contributed by atoms with Gasteiger partial charge in [0.2, 0.25) is 0 Å². The largest absolute Gasteiger partial charge is 0.506 e. The number of aromatic hydroxyl groups is 1. The summed E-state index contributed by atoms with van der Waals surface area (Å²) in [5, 5.41) is 18.4. The molecule has 0 amide bonds. The van der Waals surface area contributed by atoms with Gasteiger partial charge in [0.05, 0.1) is 17.2 Å². The van der Waals surface area contributed by atoms with Crippen LogP contribution in [0.2, 0.25) is 0 Å². The number of nitrogens with two attached hydrogens (primary N) is 1. The third-order valence-electron chi connectivity index (χ3n) is 4.41. The fourth-order valence-corrected chi connectivity index (χ4v) is 2.98. The number of phenolic OH excluding ortho intramolecular Hbond substituents is 1. The number of fused-ring (bicyclic) bond motifs is 1. The molecule has 0 fully saturated rings. The molecule has 0 spiro atoms. The molecule has 0 aliphatic heterocycles. The van der Waals surface area contributed by atoms with Crippen LogP contribution in [0.25, 0.3) is 28.2 Å². The summed E-state index contributed by atoms with van der Waals surface area (Å²) in [5.41, 5.74) is 6.07. The summed E-state index contributed by atoms with van der Waals surface area (Å²) in [6.07, 6.45) is 4.06. The molecule has 10 nitrogen and oxygen atoms in total. The third-order valence-corrected chi connectivity index (χ3v) is 4.41. The maximum absolute atomic E-state index is 13.1. The van der Waals surface area contributed by atoms with E-state index >= 15 is 0 Å². The van der Waals surface area contributed by atoms with Crippen LogP contribution in [0.3, 0.4) is 0 Å². The highest BCUT2D eigenvalue weighted by Crippen LogP contribution is 2.29. The van der Waals surface area contributed by atoms with Gasteiger partial charge in [0.25, 0.3) is 5.56 Å². The molecule has 0 aliphatic carbocycles. The van der Waals surface area contributed by atoms with Crippen LogP contribution in [-0.2, 0) is 0 Å². The van der Waals surface area contributed by atoms with Gasteiger partial charge in [0.1, 0.15) is 35.6 Å². The molecule has 3 aromatic heterocycles. The Balaban J connectivity index is 1.87. The number of nitrogens with zero attached hydrogens (tertiary/aromatic N) is 7. The molecule has 4 aromatic rings. The summed E-state index contributed by atoms with van der Waals surface area (Å²) in [5.74, 6) is 0.877. The van der Waals surface area contributed by atoms with Crippen LogP contribution in [-0.4, -0.2) is 40.7 Å². The topological polar surface area (TPSA) is 137 Å². The number of aromatic nitrogens is 6. The molecule has 3 heterocycles. The van der Waals surface area contributed by atoms with Crippen molar-refractivity contribution in [2.24, 2.45) is 10.7 Å². The maximum atomic E-state index is 13.1. The lowest BCUT2D eigenvalue weighted by atomic mass is 10.2. The van der Waals surface area contributed by atoms with Crippen LogP contribution >= 0.6 is 0 Å². The predicted molar refractivity (Wildman–Crippen MR) is 109 cm³/mol. The van der Waals surface area contributed by atoms with E-state index in [1.54, 1.807) is 24.5 Å². The second-order valence-corrected chi connectivity index (χ2v) is 6.59. The summed E-state index contributed by atoms with van der Waals surface area (Å²) in [6.45, 7) is 4.04. The van der Waals surface area contributed by atoms with Gasteiger partial charge in [-0.1, -0.05) is 6.07 Å². The molecule has 0 radical (unpaired) electrons. The normalized spacial score (nSPS) is 11.7. The van der Waals surface area contributed by atoms with Crippen molar-refractivity contribution in [3.8, 4) is 23.1 Å². The number of benzene rings is 1. The minimum Gasteiger partial charge on any atom is -0.506 e. The first-order valence-electron chi connectivity index (χ1n) is 8.85. The summed E-state index contributed by atoms with van der Waals surface area (Å²) >= 11 is 0. The molecule has 0 unspecified atom stereocenters. The Morgan fingerprint density at radius 1 is 1.24 bits per heavy atom.